The smallest absolute Gasteiger partial charge is 0.245 e. The van der Waals surface area contributed by atoms with Gasteiger partial charge in [-0.15, -0.1) is 0 Å². The summed E-state index contributed by atoms with van der Waals surface area (Å²) in [7, 11) is -3.88. The van der Waals surface area contributed by atoms with Crippen LogP contribution in [0.15, 0.2) is 53.4 Å². The maximum Gasteiger partial charge on any atom is 0.245 e. The molecule has 1 heterocycles. The second-order valence-electron chi connectivity index (χ2n) is 6.78. The third-order valence-corrected chi connectivity index (χ3v) is 7.09. The Kier molecular flexibility index (Phi) is 6.69. The highest BCUT2D eigenvalue weighted by molar-refractivity contribution is 7.89. The van der Waals surface area contributed by atoms with E-state index in [2.05, 4.69) is 5.32 Å². The zero-order valence-corrected chi connectivity index (χ0v) is 16.8. The molecule has 0 bridgehead atoms. The molecule has 0 atom stereocenters. The van der Waals surface area contributed by atoms with Crippen LogP contribution < -0.4 is 5.32 Å². The summed E-state index contributed by atoms with van der Waals surface area (Å²) in [6.45, 7) is 0.909. The number of hydrogen-bond donors (Lipinski definition) is 1. The van der Waals surface area contributed by atoms with Gasteiger partial charge in [0.2, 0.25) is 15.9 Å². The Hall–Kier alpha value is -1.96. The molecule has 1 aliphatic heterocycles. The number of piperidine rings is 1. The summed E-state index contributed by atoms with van der Waals surface area (Å²) in [4.78, 5) is 12.0. The molecule has 0 unspecified atom stereocenters. The summed E-state index contributed by atoms with van der Waals surface area (Å²) in [5, 5.41) is 3.58. The molecule has 0 radical (unpaired) electrons. The number of amides is 1. The number of carbonyl (C=O) groups is 1. The van der Waals surface area contributed by atoms with Gasteiger partial charge in [0, 0.05) is 30.6 Å². The lowest BCUT2D eigenvalue weighted by molar-refractivity contribution is -0.126. The monoisotopic (exact) mass is 424 g/mol. The quantitative estimate of drug-likeness (QED) is 0.774. The molecule has 0 aromatic heterocycles. The highest BCUT2D eigenvalue weighted by atomic mass is 35.5. The van der Waals surface area contributed by atoms with E-state index in [0.29, 0.717) is 30.8 Å². The molecule has 1 saturated heterocycles. The van der Waals surface area contributed by atoms with E-state index < -0.39 is 15.8 Å². The van der Waals surface area contributed by atoms with Crippen LogP contribution in [-0.4, -0.2) is 38.3 Å². The van der Waals surface area contributed by atoms with Gasteiger partial charge >= 0.3 is 0 Å². The summed E-state index contributed by atoms with van der Waals surface area (Å²) in [6.07, 6.45) is 1.53. The normalized spacial score (nSPS) is 16.1. The molecule has 1 N–H and O–H groups in total. The van der Waals surface area contributed by atoms with Crippen molar-refractivity contribution in [3.05, 3.63) is 64.9 Å². The standard InChI is InChI=1S/C20H22ClFN2O3S/c21-17-7-5-15(6-8-17)9-12-23-20(25)16-10-13-24(14-11-16)28(26,27)19-4-2-1-3-18(19)22/h1-8,16H,9-14H2,(H,23,25). The van der Waals surface area contributed by atoms with Gasteiger partial charge < -0.3 is 5.32 Å². The van der Waals surface area contributed by atoms with Crippen molar-refractivity contribution in [2.24, 2.45) is 5.92 Å². The number of carbonyl (C=O) groups excluding carboxylic acids is 1. The molecule has 1 amide bonds. The van der Waals surface area contributed by atoms with Crippen LogP contribution in [0, 0.1) is 11.7 Å². The number of nitrogens with zero attached hydrogens (tertiary/aromatic N) is 1. The number of nitrogens with one attached hydrogen (secondary N) is 1. The average Bonchev–Trinajstić information content (AvgIpc) is 2.69. The molecule has 0 saturated carbocycles. The van der Waals surface area contributed by atoms with Crippen molar-refractivity contribution in [2.45, 2.75) is 24.2 Å². The highest BCUT2D eigenvalue weighted by Crippen LogP contribution is 2.25. The summed E-state index contributed by atoms with van der Waals surface area (Å²) >= 11 is 5.85. The number of benzene rings is 2. The largest absolute Gasteiger partial charge is 0.356 e. The third-order valence-electron chi connectivity index (χ3n) is 4.91. The lowest BCUT2D eigenvalue weighted by atomic mass is 9.97. The molecule has 0 spiro atoms. The topological polar surface area (TPSA) is 66.5 Å². The molecule has 1 fully saturated rings. The Morgan fingerprint density at radius 2 is 1.75 bits per heavy atom. The van der Waals surface area contributed by atoms with Gasteiger partial charge in [0.1, 0.15) is 10.7 Å². The number of rotatable bonds is 6. The van der Waals surface area contributed by atoms with Gasteiger partial charge in [-0.05, 0) is 49.1 Å². The van der Waals surface area contributed by atoms with E-state index in [-0.39, 0.29) is 29.8 Å². The van der Waals surface area contributed by atoms with E-state index in [1.807, 2.05) is 24.3 Å². The summed E-state index contributed by atoms with van der Waals surface area (Å²) < 4.78 is 40.3. The van der Waals surface area contributed by atoms with Gasteiger partial charge in [-0.25, -0.2) is 12.8 Å². The van der Waals surface area contributed by atoms with Gasteiger partial charge in [-0.2, -0.15) is 4.31 Å². The predicted octanol–water partition coefficient (Wildman–Crippen LogP) is 3.24. The summed E-state index contributed by atoms with van der Waals surface area (Å²) in [6, 6.07) is 12.8. The van der Waals surface area contributed by atoms with E-state index in [1.165, 1.54) is 22.5 Å². The number of halogens is 2. The van der Waals surface area contributed by atoms with Gasteiger partial charge in [-0.1, -0.05) is 35.9 Å². The van der Waals surface area contributed by atoms with E-state index in [9.17, 15) is 17.6 Å². The fourth-order valence-electron chi connectivity index (χ4n) is 3.28. The molecule has 0 aliphatic carbocycles. The second-order valence-corrected chi connectivity index (χ2v) is 9.12. The molecule has 1 aliphatic rings. The van der Waals surface area contributed by atoms with Crippen molar-refractivity contribution in [1.82, 2.24) is 9.62 Å². The van der Waals surface area contributed by atoms with Crippen molar-refractivity contribution in [2.75, 3.05) is 19.6 Å². The molecule has 150 valence electrons. The first-order valence-corrected chi connectivity index (χ1v) is 11.0. The first-order valence-electron chi connectivity index (χ1n) is 9.15. The van der Waals surface area contributed by atoms with E-state index in [1.54, 1.807) is 0 Å². The molecule has 3 rings (SSSR count). The van der Waals surface area contributed by atoms with Gasteiger partial charge in [0.15, 0.2) is 0 Å². The fraction of sp³-hybridized carbons (Fsp3) is 0.350. The first kappa shape index (κ1) is 20.8. The SMILES string of the molecule is O=C(NCCc1ccc(Cl)cc1)C1CCN(S(=O)(=O)c2ccccc2F)CC1. The van der Waals surface area contributed by atoms with Crippen LogP contribution in [0.5, 0.6) is 0 Å². The van der Waals surface area contributed by atoms with Crippen molar-refractivity contribution in [3.63, 3.8) is 0 Å². The maximum atomic E-state index is 13.9. The first-order chi connectivity index (χ1) is 13.4. The van der Waals surface area contributed by atoms with Crippen molar-refractivity contribution >= 4 is 27.5 Å². The average molecular weight is 425 g/mol. The maximum absolute atomic E-state index is 13.9. The van der Waals surface area contributed by atoms with Crippen molar-refractivity contribution < 1.29 is 17.6 Å². The fourth-order valence-corrected chi connectivity index (χ4v) is 4.94. The van der Waals surface area contributed by atoms with Crippen LogP contribution in [0.1, 0.15) is 18.4 Å². The molecular formula is C20H22ClFN2O3S. The minimum Gasteiger partial charge on any atom is -0.356 e. The zero-order valence-electron chi connectivity index (χ0n) is 15.3. The van der Waals surface area contributed by atoms with E-state index in [4.69, 9.17) is 11.6 Å². The van der Waals surface area contributed by atoms with E-state index >= 15 is 0 Å². The molecule has 8 heteroatoms. The summed E-state index contributed by atoms with van der Waals surface area (Å²) in [5.41, 5.74) is 1.08. The van der Waals surface area contributed by atoms with Gasteiger partial charge in [-0.3, -0.25) is 4.79 Å². The number of hydrogen-bond acceptors (Lipinski definition) is 3. The molecule has 28 heavy (non-hydrogen) atoms. The Morgan fingerprint density at radius 3 is 2.39 bits per heavy atom. The predicted molar refractivity (Wildman–Crippen MR) is 106 cm³/mol. The lowest BCUT2D eigenvalue weighted by Gasteiger charge is -2.30. The van der Waals surface area contributed by atoms with Gasteiger partial charge in [0.05, 0.1) is 0 Å². The lowest BCUT2D eigenvalue weighted by Crippen LogP contribution is -2.43. The highest BCUT2D eigenvalue weighted by Gasteiger charge is 2.33. The Morgan fingerprint density at radius 1 is 1.11 bits per heavy atom. The number of sulfonamides is 1. The van der Waals surface area contributed by atoms with Crippen molar-refractivity contribution in [1.29, 1.82) is 0 Å². The Bertz CT molecular complexity index is 927. The Balaban J connectivity index is 1.50. The Labute approximate surface area is 169 Å². The third kappa shape index (κ3) is 4.90. The molecular weight excluding hydrogens is 403 g/mol. The van der Waals surface area contributed by atoms with Crippen LogP contribution in [0.3, 0.4) is 0 Å². The molecule has 2 aromatic rings. The summed E-state index contributed by atoms with van der Waals surface area (Å²) in [5.74, 6) is -1.07. The van der Waals surface area contributed by atoms with Crippen molar-refractivity contribution in [3.8, 4) is 0 Å². The zero-order chi connectivity index (χ0) is 20.1. The minimum atomic E-state index is -3.88. The molecule has 2 aromatic carbocycles. The van der Waals surface area contributed by atoms with Crippen LogP contribution >= 0.6 is 11.6 Å². The van der Waals surface area contributed by atoms with Crippen LogP contribution in [-0.2, 0) is 21.2 Å². The second kappa shape index (κ2) is 9.03. The minimum absolute atomic E-state index is 0.0723. The molecule has 5 nitrogen and oxygen atoms in total. The van der Waals surface area contributed by atoms with Gasteiger partial charge in [0.25, 0.3) is 0 Å². The van der Waals surface area contributed by atoms with Crippen LogP contribution in [0.25, 0.3) is 0 Å². The van der Waals surface area contributed by atoms with Crippen LogP contribution in [0.4, 0.5) is 4.39 Å². The van der Waals surface area contributed by atoms with Crippen LogP contribution in [0.2, 0.25) is 5.02 Å². The van der Waals surface area contributed by atoms with E-state index in [0.717, 1.165) is 11.6 Å².